The molecule has 7 atom stereocenters. The van der Waals surface area contributed by atoms with E-state index in [1.54, 1.807) is 65.6 Å². The number of hydrogen-bond donors (Lipinski definition) is 5. The average molecular weight is 941 g/mol. The zero-order valence-electron chi connectivity index (χ0n) is 37.1. The minimum Gasteiger partial charge on any atom is -0.508 e. The number of anilines is 1. The highest BCUT2D eigenvalue weighted by Gasteiger charge is 2.75. The third-order valence-corrected chi connectivity index (χ3v) is 12.9. The summed E-state index contributed by atoms with van der Waals surface area (Å²) < 4.78 is 12.3. The number of non-ortho nitro benzene ring substituents is 1. The second-order valence-electron chi connectivity index (χ2n) is 16.9. The third-order valence-electron chi connectivity index (χ3n) is 12.9. The Balaban J connectivity index is 1.28. The second kappa shape index (κ2) is 19.4. The Hall–Kier alpha value is -8.85. The molecule has 5 amide bonds. The number of nitrogens with one attached hydrogen (secondary N) is 2. The number of urea groups is 1. The molecule has 17 heteroatoms. The highest BCUT2D eigenvalue weighted by Crippen LogP contribution is 2.66. The van der Waals surface area contributed by atoms with E-state index in [0.29, 0.717) is 27.8 Å². The fourth-order valence-electron chi connectivity index (χ4n) is 9.92. The summed E-state index contributed by atoms with van der Waals surface area (Å²) in [5, 5.41) is 38.7. The van der Waals surface area contributed by atoms with Gasteiger partial charge in [-0.25, -0.2) is 14.5 Å². The normalized spacial score (nSPS) is 21.6. The molecule has 6 aromatic rings. The van der Waals surface area contributed by atoms with Crippen molar-refractivity contribution in [2.45, 2.75) is 42.4 Å². The van der Waals surface area contributed by atoms with E-state index in [9.17, 15) is 29.9 Å². The van der Waals surface area contributed by atoms with Gasteiger partial charge in [-0.05, 0) is 75.8 Å². The monoisotopic (exact) mass is 940 g/mol. The van der Waals surface area contributed by atoms with Crippen molar-refractivity contribution in [3.63, 3.8) is 0 Å². The van der Waals surface area contributed by atoms with Gasteiger partial charge < -0.3 is 36.1 Å². The van der Waals surface area contributed by atoms with Gasteiger partial charge in [-0.15, -0.1) is 0 Å². The summed E-state index contributed by atoms with van der Waals surface area (Å²) in [6, 6.07) is 38.1. The number of nitro groups is 1. The molecule has 2 fully saturated rings. The van der Waals surface area contributed by atoms with Crippen LogP contribution >= 0.6 is 0 Å². The number of aliphatic hydroxyl groups excluding tert-OH is 1. The number of rotatable bonds is 11. The number of nitro benzene ring substituents is 1. The number of nitrogens with zero attached hydrogens (tertiary/aromatic N) is 3. The number of aliphatic hydroxyl groups is 1. The number of phenolic OH excluding ortho intramolecular Hbond substituents is 1. The molecule has 3 aliphatic heterocycles. The number of hydrogen-bond acceptors (Lipinski definition) is 12. The van der Waals surface area contributed by atoms with Crippen molar-refractivity contribution < 1.29 is 48.6 Å². The number of cyclic esters (lactones) is 1. The van der Waals surface area contributed by atoms with Crippen LogP contribution in [0.15, 0.2) is 158 Å². The van der Waals surface area contributed by atoms with Crippen LogP contribution < -0.4 is 21.3 Å². The molecule has 0 radical (unpaired) electrons. The number of amides is 5. The number of ether oxygens (including phenoxy) is 2. The van der Waals surface area contributed by atoms with E-state index in [0.717, 1.165) is 4.90 Å². The number of aromatic hydroxyl groups is 1. The summed E-state index contributed by atoms with van der Waals surface area (Å²) in [5.41, 5.74) is 5.73. The number of carbonyl (C=O) groups is 5. The van der Waals surface area contributed by atoms with Crippen molar-refractivity contribution in [1.82, 2.24) is 15.5 Å². The maximum Gasteiger partial charge on any atom is 0.421 e. The number of morpholine rings is 1. The summed E-state index contributed by atoms with van der Waals surface area (Å²) in [4.78, 5) is 87.0. The number of primary amides is 1. The molecule has 3 heterocycles. The van der Waals surface area contributed by atoms with E-state index in [1.165, 1.54) is 48.5 Å². The molecule has 2 saturated heterocycles. The van der Waals surface area contributed by atoms with Gasteiger partial charge in [-0.1, -0.05) is 115 Å². The second-order valence-corrected chi connectivity index (χ2v) is 16.9. The van der Waals surface area contributed by atoms with Crippen LogP contribution in [0.4, 0.5) is 21.0 Å². The van der Waals surface area contributed by atoms with Gasteiger partial charge in [0, 0.05) is 24.2 Å². The molecule has 6 N–H and O–H groups in total. The number of imide groups is 1. The fourth-order valence-corrected chi connectivity index (χ4v) is 9.92. The van der Waals surface area contributed by atoms with Gasteiger partial charge in [-0.3, -0.25) is 29.4 Å². The number of esters is 1. The summed E-state index contributed by atoms with van der Waals surface area (Å²) >= 11 is 0. The summed E-state index contributed by atoms with van der Waals surface area (Å²) in [5.74, 6) is 1.31. The summed E-state index contributed by atoms with van der Waals surface area (Å²) in [6.07, 6.45) is -3.40. The maximum atomic E-state index is 16.4. The van der Waals surface area contributed by atoms with Crippen LogP contribution in [0.25, 0.3) is 0 Å². The minimum atomic E-state index is -2.23. The highest BCUT2D eigenvalue weighted by molar-refractivity contribution is 6.23. The fraction of sp³-hybridized carbons (Fsp3) is 0.189. The molecule has 0 saturated carbocycles. The lowest BCUT2D eigenvalue weighted by Gasteiger charge is -2.46. The molecule has 7 unspecified atom stereocenters. The van der Waals surface area contributed by atoms with Gasteiger partial charge in [0.1, 0.15) is 29.9 Å². The molecule has 17 nitrogen and oxygen atoms in total. The number of nitrogens with two attached hydrogens (primary N) is 1. The Morgan fingerprint density at radius 3 is 2.10 bits per heavy atom. The molecular formula is C53H44N6O11. The summed E-state index contributed by atoms with van der Waals surface area (Å²) in [6.45, 7) is -0.919. The van der Waals surface area contributed by atoms with Gasteiger partial charge >= 0.3 is 18.1 Å². The zero-order chi connectivity index (χ0) is 49.1. The van der Waals surface area contributed by atoms with Crippen LogP contribution in [0.3, 0.4) is 0 Å². The predicted molar refractivity (Wildman–Crippen MR) is 252 cm³/mol. The van der Waals surface area contributed by atoms with Crippen molar-refractivity contribution in [1.29, 1.82) is 0 Å². The maximum absolute atomic E-state index is 16.4. The van der Waals surface area contributed by atoms with E-state index in [-0.39, 0.29) is 41.3 Å². The standard InChI is InChI=1S/C53H44N6O11/c54-51(65)55-28-10-11-32-20-27-41-40(29-32)53(50(64)57(41)52(66)69-31-33-18-23-38(24-19-33)59(67)68)43(48(62)56-30-42(61)34-12-4-1-5-13-34)45-49(63)70-46(36-16-8-3-9-17-36)44(35-14-6-2-7-15-35)58(45)47(53)37-21-25-39(60)26-22-37/h1-9,12-27,29,42-47,60-61H,28,30-31H2,(H,56,62)(H3,54,55,65). The minimum absolute atomic E-state index is 0.00510. The van der Waals surface area contributed by atoms with E-state index in [4.69, 9.17) is 15.2 Å². The number of fused-ring (bicyclic) bond motifs is 3. The van der Waals surface area contributed by atoms with E-state index in [1.807, 2.05) is 48.5 Å². The molecule has 0 aromatic heterocycles. The van der Waals surface area contributed by atoms with Crippen molar-refractivity contribution in [2.24, 2.45) is 11.7 Å². The molecule has 1 spiro atoms. The van der Waals surface area contributed by atoms with Crippen LogP contribution in [0, 0.1) is 27.9 Å². The quantitative estimate of drug-likeness (QED) is 0.0424. The highest BCUT2D eigenvalue weighted by atomic mass is 16.6. The molecule has 70 heavy (non-hydrogen) atoms. The van der Waals surface area contributed by atoms with Gasteiger partial charge in [0.2, 0.25) is 11.8 Å². The average Bonchev–Trinajstić information content (AvgIpc) is 3.83. The molecule has 3 aliphatic rings. The van der Waals surface area contributed by atoms with E-state index < -0.39 is 83.1 Å². The van der Waals surface area contributed by atoms with Crippen molar-refractivity contribution >= 4 is 41.3 Å². The lowest BCUT2D eigenvalue weighted by Crippen LogP contribution is -2.56. The van der Waals surface area contributed by atoms with Gasteiger partial charge in [0.15, 0.2) is 0 Å². The lowest BCUT2D eigenvalue weighted by atomic mass is 9.65. The first-order valence-electron chi connectivity index (χ1n) is 22.2. The Morgan fingerprint density at radius 1 is 0.814 bits per heavy atom. The number of carbonyl (C=O) groups excluding carboxylic acids is 5. The summed E-state index contributed by atoms with van der Waals surface area (Å²) in [7, 11) is 0. The van der Waals surface area contributed by atoms with Gasteiger partial charge in [-0.2, -0.15) is 0 Å². The topological polar surface area (TPSA) is 244 Å². The Labute approximate surface area is 400 Å². The first-order chi connectivity index (χ1) is 33.9. The van der Waals surface area contributed by atoms with Gasteiger partial charge in [0.25, 0.3) is 5.69 Å². The number of benzene rings is 6. The molecular weight excluding hydrogens is 897 g/mol. The van der Waals surface area contributed by atoms with Crippen LogP contribution in [-0.2, 0) is 35.9 Å². The lowest BCUT2D eigenvalue weighted by molar-refractivity contribution is -0.384. The molecule has 6 aromatic carbocycles. The first-order valence-corrected chi connectivity index (χ1v) is 22.2. The van der Waals surface area contributed by atoms with Crippen molar-refractivity contribution in [3.05, 3.63) is 207 Å². The zero-order valence-corrected chi connectivity index (χ0v) is 37.1. The molecule has 9 rings (SSSR count). The van der Waals surface area contributed by atoms with Crippen LogP contribution in [0.2, 0.25) is 0 Å². The van der Waals surface area contributed by atoms with Crippen LogP contribution in [0.5, 0.6) is 5.75 Å². The van der Waals surface area contributed by atoms with Crippen molar-refractivity contribution in [3.8, 4) is 17.6 Å². The number of phenols is 1. The Kier molecular flexibility index (Phi) is 12.8. The largest absolute Gasteiger partial charge is 0.508 e. The Morgan fingerprint density at radius 2 is 1.46 bits per heavy atom. The van der Waals surface area contributed by atoms with Crippen LogP contribution in [-0.4, -0.2) is 69.1 Å². The molecule has 0 bridgehead atoms. The predicted octanol–water partition coefficient (Wildman–Crippen LogP) is 6.17. The third kappa shape index (κ3) is 8.53. The smallest absolute Gasteiger partial charge is 0.421 e. The van der Waals surface area contributed by atoms with Gasteiger partial charge in [0.05, 0.1) is 41.3 Å². The van der Waals surface area contributed by atoms with E-state index in [2.05, 4.69) is 22.5 Å². The Bertz CT molecular complexity index is 3040. The van der Waals surface area contributed by atoms with E-state index >= 15 is 14.4 Å². The van der Waals surface area contributed by atoms with Crippen molar-refractivity contribution in [2.75, 3.05) is 18.0 Å². The van der Waals surface area contributed by atoms with Crippen LogP contribution in [0.1, 0.15) is 63.2 Å². The molecule has 352 valence electrons. The first kappa shape index (κ1) is 46.3. The molecule has 0 aliphatic carbocycles. The SMILES string of the molecule is NC(=O)NCC#Cc1ccc2c(c1)C1(C(=O)N2C(=O)OCc2ccc([N+](=O)[O-])cc2)C(C(=O)NCC(O)c2ccccc2)C2C(=O)OC(c3ccccc3)C(c3ccccc3)N2C1c1ccc(O)cc1.